The normalized spacial score (nSPS) is 24.7. The molecule has 1 aliphatic rings. The van der Waals surface area contributed by atoms with Gasteiger partial charge in [-0.15, -0.1) is 0 Å². The molecule has 24 heavy (non-hydrogen) atoms. The van der Waals surface area contributed by atoms with E-state index in [4.69, 9.17) is 0 Å². The number of nitrogens with zero attached hydrogens (tertiary/aromatic N) is 1. The summed E-state index contributed by atoms with van der Waals surface area (Å²) in [5.41, 5.74) is 1.35. The molecule has 0 fully saturated rings. The first kappa shape index (κ1) is 18.5. The first-order valence-corrected chi connectivity index (χ1v) is 9.91. The monoisotopic (exact) mass is 347 g/mol. The van der Waals surface area contributed by atoms with Crippen LogP contribution in [0, 0.1) is 6.92 Å². The molecule has 4 nitrogen and oxygen atoms in total. The molecular weight excluding hydrogens is 322 g/mol. The van der Waals surface area contributed by atoms with Gasteiger partial charge in [0.05, 0.1) is 10.6 Å². The highest BCUT2D eigenvalue weighted by Gasteiger charge is 2.31. The standard InChI is InChI=1S/C19H25NO3S/c1-16-12-14-17(15-13-16)24(22,23)19-11-9-7-5-3-2-4-6-8-10-18(19)20-21/h4-7,12-15,19,21H,2-3,8-11H2,1H3/b6-4+,7-5+,20-18+/t19-/m1/s1. The number of benzene rings is 1. The van der Waals surface area contributed by atoms with Crippen LogP contribution >= 0.6 is 0 Å². The molecule has 5 heteroatoms. The number of allylic oxidation sites excluding steroid dienone is 4. The number of rotatable bonds is 2. The minimum absolute atomic E-state index is 0.283. The summed E-state index contributed by atoms with van der Waals surface area (Å²) in [6.45, 7) is 1.92. The maximum atomic E-state index is 13.1. The molecule has 0 saturated heterocycles. The third-order valence-corrected chi connectivity index (χ3v) is 6.41. The molecule has 1 aliphatic carbocycles. The van der Waals surface area contributed by atoms with E-state index in [0.29, 0.717) is 31.4 Å². The molecule has 0 radical (unpaired) electrons. The molecule has 1 atom stereocenters. The first-order chi connectivity index (χ1) is 11.6. The van der Waals surface area contributed by atoms with E-state index in [9.17, 15) is 13.6 Å². The van der Waals surface area contributed by atoms with E-state index in [1.54, 1.807) is 24.3 Å². The third kappa shape index (κ3) is 4.81. The predicted molar refractivity (Wildman–Crippen MR) is 97.4 cm³/mol. The summed E-state index contributed by atoms with van der Waals surface area (Å²) in [5, 5.41) is 12.0. The quantitative estimate of drug-likeness (QED) is 0.489. The van der Waals surface area contributed by atoms with E-state index in [-0.39, 0.29) is 4.90 Å². The molecule has 0 heterocycles. The maximum Gasteiger partial charge on any atom is 0.186 e. The molecule has 130 valence electrons. The largest absolute Gasteiger partial charge is 0.411 e. The number of hydrogen-bond acceptors (Lipinski definition) is 4. The van der Waals surface area contributed by atoms with Gasteiger partial charge in [-0.1, -0.05) is 47.2 Å². The minimum Gasteiger partial charge on any atom is -0.411 e. The smallest absolute Gasteiger partial charge is 0.186 e. The molecule has 1 aromatic carbocycles. The average Bonchev–Trinajstić information content (AvgIpc) is 2.55. The van der Waals surface area contributed by atoms with Crippen LogP contribution in [0.4, 0.5) is 0 Å². The summed E-state index contributed by atoms with van der Waals surface area (Å²) in [7, 11) is -3.58. The molecule has 0 bridgehead atoms. The Bertz CT molecular complexity index is 715. The molecule has 0 aliphatic heterocycles. The molecule has 0 spiro atoms. The molecule has 1 aromatic rings. The van der Waals surface area contributed by atoms with E-state index in [1.165, 1.54) is 0 Å². The number of hydrogen-bond donors (Lipinski definition) is 1. The Morgan fingerprint density at radius 3 is 2.17 bits per heavy atom. The van der Waals surface area contributed by atoms with Crippen molar-refractivity contribution in [1.82, 2.24) is 0 Å². The maximum absolute atomic E-state index is 13.1. The SMILES string of the molecule is Cc1ccc(S(=O)(=O)[C@@H]2CC/C=C/CC/C=C/CC/C2=N\O)cc1. The van der Waals surface area contributed by atoms with Gasteiger partial charge in [-0.3, -0.25) is 0 Å². The number of oxime groups is 1. The lowest BCUT2D eigenvalue weighted by Gasteiger charge is -2.18. The van der Waals surface area contributed by atoms with Crippen molar-refractivity contribution in [2.45, 2.75) is 55.6 Å². The molecular formula is C19H25NO3S. The lowest BCUT2D eigenvalue weighted by molar-refractivity contribution is 0.316. The van der Waals surface area contributed by atoms with Gasteiger partial charge < -0.3 is 5.21 Å². The second-order valence-corrected chi connectivity index (χ2v) is 8.20. The Labute approximate surface area is 144 Å². The molecule has 0 unspecified atom stereocenters. The molecule has 0 amide bonds. The van der Waals surface area contributed by atoms with Gasteiger partial charge in [-0.2, -0.15) is 0 Å². The number of aryl methyl sites for hydroxylation is 1. The summed E-state index contributed by atoms with van der Waals surface area (Å²) in [5.74, 6) is 0. The van der Waals surface area contributed by atoms with Crippen molar-refractivity contribution in [3.05, 3.63) is 54.1 Å². The highest BCUT2D eigenvalue weighted by atomic mass is 32.2. The van der Waals surface area contributed by atoms with Crippen LogP contribution < -0.4 is 0 Å². The highest BCUT2D eigenvalue weighted by molar-refractivity contribution is 7.92. The van der Waals surface area contributed by atoms with Crippen LogP contribution in [-0.4, -0.2) is 24.6 Å². The second-order valence-electron chi connectivity index (χ2n) is 6.07. The Hall–Kier alpha value is -1.88. The fraction of sp³-hybridized carbons (Fsp3) is 0.421. The zero-order valence-electron chi connectivity index (χ0n) is 14.1. The van der Waals surface area contributed by atoms with E-state index >= 15 is 0 Å². The van der Waals surface area contributed by atoms with E-state index < -0.39 is 15.1 Å². The fourth-order valence-corrected chi connectivity index (χ4v) is 4.62. The van der Waals surface area contributed by atoms with Gasteiger partial charge in [0.2, 0.25) is 0 Å². The van der Waals surface area contributed by atoms with Crippen LogP contribution in [0.15, 0.2) is 58.6 Å². The Kier molecular flexibility index (Phi) is 6.79. The van der Waals surface area contributed by atoms with Gasteiger partial charge in [-0.05, 0) is 57.6 Å². The average molecular weight is 347 g/mol. The van der Waals surface area contributed by atoms with E-state index in [2.05, 4.69) is 17.3 Å². The zero-order valence-corrected chi connectivity index (χ0v) is 14.9. The summed E-state index contributed by atoms with van der Waals surface area (Å²) in [4.78, 5) is 0.283. The van der Waals surface area contributed by atoms with Crippen molar-refractivity contribution in [3.8, 4) is 0 Å². The predicted octanol–water partition coefficient (Wildman–Crippen LogP) is 4.43. The lowest BCUT2D eigenvalue weighted by atomic mass is 10.1. The van der Waals surface area contributed by atoms with Gasteiger partial charge in [-0.25, -0.2) is 8.42 Å². The summed E-state index contributed by atoms with van der Waals surface area (Å²) < 4.78 is 26.1. The molecule has 1 N–H and O–H groups in total. The van der Waals surface area contributed by atoms with E-state index in [0.717, 1.165) is 18.4 Å². The summed E-state index contributed by atoms with van der Waals surface area (Å²) in [6, 6.07) is 6.85. The Balaban J connectivity index is 2.34. The van der Waals surface area contributed by atoms with Crippen LogP contribution in [0.25, 0.3) is 0 Å². The van der Waals surface area contributed by atoms with E-state index in [1.807, 2.05) is 19.1 Å². The van der Waals surface area contributed by atoms with Crippen molar-refractivity contribution in [2.24, 2.45) is 5.16 Å². The van der Waals surface area contributed by atoms with Gasteiger partial charge in [0.1, 0.15) is 5.25 Å². The number of sulfone groups is 1. The van der Waals surface area contributed by atoms with Crippen molar-refractivity contribution >= 4 is 15.5 Å². The fourth-order valence-electron chi connectivity index (χ4n) is 2.81. The van der Waals surface area contributed by atoms with Crippen LogP contribution in [-0.2, 0) is 9.84 Å². The summed E-state index contributed by atoms with van der Waals surface area (Å²) in [6.07, 6.45) is 12.4. The third-order valence-electron chi connectivity index (χ3n) is 4.22. The lowest BCUT2D eigenvalue weighted by Crippen LogP contribution is -2.30. The Morgan fingerprint density at radius 1 is 0.958 bits per heavy atom. The first-order valence-electron chi connectivity index (χ1n) is 8.37. The minimum atomic E-state index is -3.58. The van der Waals surface area contributed by atoms with Gasteiger partial charge >= 0.3 is 0 Å². The van der Waals surface area contributed by atoms with Crippen molar-refractivity contribution in [2.75, 3.05) is 0 Å². The zero-order chi connectivity index (χ0) is 17.4. The van der Waals surface area contributed by atoms with Crippen LogP contribution in [0.5, 0.6) is 0 Å². The van der Waals surface area contributed by atoms with Gasteiger partial charge in [0.15, 0.2) is 9.84 Å². The van der Waals surface area contributed by atoms with Crippen LogP contribution in [0.1, 0.15) is 44.1 Å². The van der Waals surface area contributed by atoms with Crippen molar-refractivity contribution in [3.63, 3.8) is 0 Å². The van der Waals surface area contributed by atoms with Crippen molar-refractivity contribution < 1.29 is 13.6 Å². The molecule has 0 aromatic heterocycles. The highest BCUT2D eigenvalue weighted by Crippen LogP contribution is 2.23. The summed E-state index contributed by atoms with van der Waals surface area (Å²) >= 11 is 0. The Morgan fingerprint density at radius 2 is 1.54 bits per heavy atom. The molecule has 2 rings (SSSR count). The molecule has 0 saturated carbocycles. The van der Waals surface area contributed by atoms with Gasteiger partial charge in [0.25, 0.3) is 0 Å². The van der Waals surface area contributed by atoms with Crippen molar-refractivity contribution in [1.29, 1.82) is 0 Å². The van der Waals surface area contributed by atoms with Gasteiger partial charge in [0, 0.05) is 0 Å². The second kappa shape index (κ2) is 8.83. The topological polar surface area (TPSA) is 66.7 Å². The van der Waals surface area contributed by atoms with Crippen LogP contribution in [0.2, 0.25) is 0 Å². The van der Waals surface area contributed by atoms with Crippen LogP contribution in [0.3, 0.4) is 0 Å².